The first-order valence-corrected chi connectivity index (χ1v) is 4.67. The number of carboxylic acids is 1. The minimum atomic E-state index is -1.27. The van der Waals surface area contributed by atoms with E-state index in [1.807, 2.05) is 0 Å². The summed E-state index contributed by atoms with van der Waals surface area (Å²) < 4.78 is 12.9. The highest BCUT2D eigenvalue weighted by atomic mass is 35.5. The molecule has 82 valence electrons. The molecule has 1 atom stereocenters. The fourth-order valence-corrected chi connectivity index (χ4v) is 1.36. The second kappa shape index (κ2) is 4.16. The van der Waals surface area contributed by atoms with Gasteiger partial charge in [0.15, 0.2) is 0 Å². The van der Waals surface area contributed by atoms with Crippen molar-refractivity contribution in [3.05, 3.63) is 34.6 Å². The molecule has 0 bridgehead atoms. The Morgan fingerprint density at radius 3 is 2.60 bits per heavy atom. The van der Waals surface area contributed by atoms with Gasteiger partial charge in [-0.2, -0.15) is 0 Å². The molecule has 5 heteroatoms. The fourth-order valence-electron chi connectivity index (χ4n) is 1.18. The van der Waals surface area contributed by atoms with E-state index >= 15 is 0 Å². The highest BCUT2D eigenvalue weighted by molar-refractivity contribution is 6.30. The number of aliphatic carboxylic acids is 1. The van der Waals surface area contributed by atoms with E-state index in [1.54, 1.807) is 0 Å². The summed E-state index contributed by atoms with van der Waals surface area (Å²) in [6.07, 6.45) is 0. The molecule has 1 rings (SSSR count). The molecular weight excluding hydrogens is 221 g/mol. The number of likely N-dealkylation sites (N-methyl/N-ethyl adjacent to an activating group) is 1. The van der Waals surface area contributed by atoms with Crippen molar-refractivity contribution in [1.29, 1.82) is 0 Å². The number of carbonyl (C=O) groups is 1. The molecule has 0 aliphatic heterocycles. The Morgan fingerprint density at radius 1 is 1.60 bits per heavy atom. The molecule has 0 spiro atoms. The number of halogens is 2. The standard InChI is InChI=1S/C10H11ClFNO2/c1-10(13-2,9(14)15)6-3-4-8(12)7(11)5-6/h3-5,13H,1-2H3,(H,14,15). The van der Waals surface area contributed by atoms with Crippen molar-refractivity contribution >= 4 is 17.6 Å². The van der Waals surface area contributed by atoms with E-state index in [4.69, 9.17) is 16.7 Å². The van der Waals surface area contributed by atoms with Crippen LogP contribution in [0.15, 0.2) is 18.2 Å². The molecule has 0 aromatic heterocycles. The lowest BCUT2D eigenvalue weighted by Gasteiger charge is -2.24. The maximum absolute atomic E-state index is 12.9. The van der Waals surface area contributed by atoms with Gasteiger partial charge < -0.3 is 10.4 Å². The third-order valence-electron chi connectivity index (χ3n) is 2.42. The van der Waals surface area contributed by atoms with Gasteiger partial charge in [-0.3, -0.25) is 0 Å². The van der Waals surface area contributed by atoms with Crippen LogP contribution in [0.2, 0.25) is 5.02 Å². The molecule has 0 aliphatic rings. The molecule has 1 aromatic rings. The van der Waals surface area contributed by atoms with E-state index < -0.39 is 17.3 Å². The average molecular weight is 232 g/mol. The average Bonchev–Trinajstić information content (AvgIpc) is 2.20. The summed E-state index contributed by atoms with van der Waals surface area (Å²) in [7, 11) is 1.52. The van der Waals surface area contributed by atoms with Crippen LogP contribution in [-0.2, 0) is 10.3 Å². The monoisotopic (exact) mass is 231 g/mol. The van der Waals surface area contributed by atoms with E-state index in [1.165, 1.54) is 26.1 Å². The molecule has 0 aliphatic carbocycles. The Balaban J connectivity index is 3.25. The highest BCUT2D eigenvalue weighted by Crippen LogP contribution is 2.25. The van der Waals surface area contributed by atoms with Crippen molar-refractivity contribution in [3.63, 3.8) is 0 Å². The summed E-state index contributed by atoms with van der Waals surface area (Å²) in [6.45, 7) is 1.49. The van der Waals surface area contributed by atoms with E-state index in [0.717, 1.165) is 6.07 Å². The molecule has 0 heterocycles. The smallest absolute Gasteiger partial charge is 0.328 e. The van der Waals surface area contributed by atoms with Crippen LogP contribution >= 0.6 is 11.6 Å². The lowest BCUT2D eigenvalue weighted by Crippen LogP contribution is -2.44. The van der Waals surface area contributed by atoms with Crippen molar-refractivity contribution in [3.8, 4) is 0 Å². The zero-order valence-corrected chi connectivity index (χ0v) is 9.10. The van der Waals surface area contributed by atoms with Gasteiger partial charge in [0.2, 0.25) is 0 Å². The van der Waals surface area contributed by atoms with Crippen molar-refractivity contribution in [2.75, 3.05) is 7.05 Å². The molecule has 1 aromatic carbocycles. The number of rotatable bonds is 3. The van der Waals surface area contributed by atoms with Crippen LogP contribution in [0.1, 0.15) is 12.5 Å². The van der Waals surface area contributed by atoms with Gasteiger partial charge in [-0.15, -0.1) is 0 Å². The van der Waals surface area contributed by atoms with Gasteiger partial charge in [0.1, 0.15) is 11.4 Å². The van der Waals surface area contributed by atoms with Gasteiger partial charge in [-0.1, -0.05) is 17.7 Å². The molecule has 15 heavy (non-hydrogen) atoms. The third kappa shape index (κ3) is 2.11. The van der Waals surface area contributed by atoms with Gasteiger partial charge in [0, 0.05) is 0 Å². The van der Waals surface area contributed by atoms with Crippen molar-refractivity contribution in [2.24, 2.45) is 0 Å². The van der Waals surface area contributed by atoms with Gasteiger partial charge >= 0.3 is 5.97 Å². The van der Waals surface area contributed by atoms with Crippen LogP contribution in [0.25, 0.3) is 0 Å². The van der Waals surface area contributed by atoms with Crippen molar-refractivity contribution in [1.82, 2.24) is 5.32 Å². The topological polar surface area (TPSA) is 49.3 Å². The Kier molecular flexibility index (Phi) is 3.31. The zero-order chi connectivity index (χ0) is 11.6. The molecule has 3 nitrogen and oxygen atoms in total. The normalized spacial score (nSPS) is 14.7. The lowest BCUT2D eigenvalue weighted by atomic mass is 9.92. The van der Waals surface area contributed by atoms with Gasteiger partial charge in [-0.25, -0.2) is 9.18 Å². The summed E-state index contributed by atoms with van der Waals surface area (Å²) in [5, 5.41) is 11.6. The first kappa shape index (κ1) is 11.9. The number of hydrogen-bond donors (Lipinski definition) is 2. The molecule has 0 fully saturated rings. The molecule has 0 saturated heterocycles. The summed E-state index contributed by atoms with van der Waals surface area (Å²) >= 11 is 5.59. The maximum Gasteiger partial charge on any atom is 0.328 e. The Morgan fingerprint density at radius 2 is 2.20 bits per heavy atom. The largest absolute Gasteiger partial charge is 0.480 e. The summed E-state index contributed by atoms with van der Waals surface area (Å²) in [6, 6.07) is 3.85. The first-order chi connectivity index (χ1) is 6.91. The van der Waals surface area contributed by atoms with Crippen LogP contribution in [0.3, 0.4) is 0 Å². The predicted octanol–water partition coefficient (Wildman–Crippen LogP) is 2.00. The minimum absolute atomic E-state index is 0.0878. The van der Waals surface area contributed by atoms with Gasteiger partial charge in [0.05, 0.1) is 5.02 Å². The summed E-state index contributed by atoms with van der Waals surface area (Å²) in [4.78, 5) is 11.0. The van der Waals surface area contributed by atoms with E-state index in [2.05, 4.69) is 5.32 Å². The number of hydrogen-bond acceptors (Lipinski definition) is 2. The van der Waals surface area contributed by atoms with E-state index in [9.17, 15) is 9.18 Å². The van der Waals surface area contributed by atoms with E-state index in [0.29, 0.717) is 5.56 Å². The third-order valence-corrected chi connectivity index (χ3v) is 2.71. The summed E-state index contributed by atoms with van der Waals surface area (Å²) in [5.41, 5.74) is -0.860. The van der Waals surface area contributed by atoms with Gasteiger partial charge in [0.25, 0.3) is 0 Å². The predicted molar refractivity (Wildman–Crippen MR) is 55.5 cm³/mol. The van der Waals surface area contributed by atoms with Crippen LogP contribution in [-0.4, -0.2) is 18.1 Å². The van der Waals surface area contributed by atoms with Gasteiger partial charge in [-0.05, 0) is 31.7 Å². The Hall–Kier alpha value is -1.13. The Bertz CT molecular complexity index is 397. The zero-order valence-electron chi connectivity index (χ0n) is 8.34. The van der Waals surface area contributed by atoms with Crippen LogP contribution in [0.5, 0.6) is 0 Å². The fraction of sp³-hybridized carbons (Fsp3) is 0.300. The number of benzene rings is 1. The number of carboxylic acid groups (broad SMARTS) is 1. The van der Waals surface area contributed by atoms with Crippen LogP contribution < -0.4 is 5.32 Å². The lowest BCUT2D eigenvalue weighted by molar-refractivity contribution is -0.144. The maximum atomic E-state index is 12.9. The molecule has 2 N–H and O–H groups in total. The van der Waals surface area contributed by atoms with Crippen molar-refractivity contribution < 1.29 is 14.3 Å². The molecular formula is C10H11ClFNO2. The summed E-state index contributed by atoms with van der Waals surface area (Å²) in [5.74, 6) is -1.61. The van der Waals surface area contributed by atoms with E-state index in [-0.39, 0.29) is 5.02 Å². The van der Waals surface area contributed by atoms with Crippen LogP contribution in [0.4, 0.5) is 4.39 Å². The minimum Gasteiger partial charge on any atom is -0.480 e. The first-order valence-electron chi connectivity index (χ1n) is 4.29. The molecule has 0 amide bonds. The highest BCUT2D eigenvalue weighted by Gasteiger charge is 2.33. The second-order valence-electron chi connectivity index (χ2n) is 3.31. The second-order valence-corrected chi connectivity index (χ2v) is 3.72. The molecule has 1 unspecified atom stereocenters. The molecule has 0 saturated carbocycles. The number of nitrogens with one attached hydrogen (secondary N) is 1. The SMILES string of the molecule is CNC(C)(C(=O)O)c1ccc(F)c(Cl)c1. The van der Waals surface area contributed by atoms with Crippen molar-refractivity contribution in [2.45, 2.75) is 12.5 Å². The molecule has 0 radical (unpaired) electrons. The Labute approximate surface area is 91.9 Å². The van der Waals surface area contributed by atoms with Crippen LogP contribution in [0, 0.1) is 5.82 Å². The quantitative estimate of drug-likeness (QED) is 0.837.